The molecule has 0 bridgehead atoms. The summed E-state index contributed by atoms with van der Waals surface area (Å²) >= 11 is 0. The second-order valence-electron chi connectivity index (χ2n) is 6.47. The minimum absolute atomic E-state index is 0.527. The van der Waals surface area contributed by atoms with E-state index in [2.05, 4.69) is 55.3 Å². The number of anilines is 1. The molecule has 0 saturated heterocycles. The van der Waals surface area contributed by atoms with Crippen LogP contribution < -0.4 is 5.32 Å². The van der Waals surface area contributed by atoms with Gasteiger partial charge in [-0.15, -0.1) is 0 Å². The molecule has 0 unspecified atom stereocenters. The highest BCUT2D eigenvalue weighted by molar-refractivity contribution is 5.48. The minimum atomic E-state index is 0.527. The molecule has 1 heterocycles. The summed E-state index contributed by atoms with van der Waals surface area (Å²) in [5.41, 5.74) is 2.15. The van der Waals surface area contributed by atoms with E-state index in [0.717, 1.165) is 11.4 Å². The molecule has 0 aliphatic carbocycles. The molecule has 0 spiro atoms. The third kappa shape index (κ3) is 4.88. The topological polar surface area (TPSA) is 42.7 Å². The van der Waals surface area contributed by atoms with Crippen LogP contribution in [0.3, 0.4) is 0 Å². The van der Waals surface area contributed by atoms with Gasteiger partial charge >= 0.3 is 0 Å². The van der Waals surface area contributed by atoms with E-state index in [9.17, 15) is 0 Å². The van der Waals surface area contributed by atoms with Gasteiger partial charge in [-0.25, -0.2) is 0 Å². The Morgan fingerprint density at radius 3 is 1.90 bits per heavy atom. The van der Waals surface area contributed by atoms with Crippen molar-refractivity contribution in [1.29, 1.82) is 0 Å². The number of nitrogens with zero attached hydrogens (tertiary/aromatic N) is 3. The highest BCUT2D eigenvalue weighted by atomic mass is 15.5. The smallest absolute Gasteiger partial charge is 0.0858 e. The van der Waals surface area contributed by atoms with Gasteiger partial charge in [0.2, 0.25) is 0 Å². The molecule has 0 atom stereocenters. The summed E-state index contributed by atoms with van der Waals surface area (Å²) in [7, 11) is 0. The Morgan fingerprint density at radius 2 is 1.43 bits per heavy atom. The quantitative estimate of drug-likeness (QED) is 0.832. The Kier molecular flexibility index (Phi) is 5.37. The van der Waals surface area contributed by atoms with Crippen molar-refractivity contribution in [3.63, 3.8) is 0 Å². The van der Waals surface area contributed by atoms with E-state index in [0.29, 0.717) is 17.9 Å². The van der Waals surface area contributed by atoms with Crippen LogP contribution in [0.15, 0.2) is 36.7 Å². The highest BCUT2D eigenvalue weighted by Gasteiger charge is 2.12. The molecule has 0 aliphatic rings. The molecule has 0 amide bonds. The second kappa shape index (κ2) is 7.25. The maximum Gasteiger partial charge on any atom is 0.0858 e. The summed E-state index contributed by atoms with van der Waals surface area (Å²) < 4.78 is 0. The fourth-order valence-electron chi connectivity index (χ4n) is 2.63. The Balaban J connectivity index is 2.03. The molecule has 0 saturated carbocycles. The van der Waals surface area contributed by atoms with Gasteiger partial charge in [0.05, 0.1) is 18.1 Å². The van der Waals surface area contributed by atoms with Crippen LogP contribution in [0.2, 0.25) is 0 Å². The second-order valence-corrected chi connectivity index (χ2v) is 6.47. The summed E-state index contributed by atoms with van der Waals surface area (Å²) in [6, 6.07) is 8.83. The van der Waals surface area contributed by atoms with Crippen molar-refractivity contribution in [2.75, 3.05) is 5.32 Å². The van der Waals surface area contributed by atoms with Gasteiger partial charge in [-0.1, -0.05) is 27.7 Å². The van der Waals surface area contributed by atoms with Gasteiger partial charge in [0.1, 0.15) is 0 Å². The van der Waals surface area contributed by atoms with Gasteiger partial charge < -0.3 is 5.32 Å². The number of hydrogen-bond acceptors (Lipinski definition) is 3. The van der Waals surface area contributed by atoms with Crippen LogP contribution in [0.4, 0.5) is 5.69 Å². The van der Waals surface area contributed by atoms with Crippen LogP contribution in [0, 0.1) is 11.8 Å². The summed E-state index contributed by atoms with van der Waals surface area (Å²) in [5, 5.41) is 11.9. The molecule has 1 aromatic heterocycles. The molecule has 4 heteroatoms. The zero-order valence-corrected chi connectivity index (χ0v) is 13.5. The number of rotatable bonds is 7. The van der Waals surface area contributed by atoms with E-state index in [4.69, 9.17) is 0 Å². The van der Waals surface area contributed by atoms with Crippen molar-refractivity contribution in [3.05, 3.63) is 36.7 Å². The van der Waals surface area contributed by atoms with Crippen molar-refractivity contribution < 1.29 is 0 Å². The van der Waals surface area contributed by atoms with Crippen molar-refractivity contribution >= 4 is 5.69 Å². The fraction of sp³-hybridized carbons (Fsp3) is 0.529. The van der Waals surface area contributed by atoms with Crippen LogP contribution >= 0.6 is 0 Å². The first-order valence-electron chi connectivity index (χ1n) is 7.78. The minimum Gasteiger partial charge on any atom is -0.382 e. The average Bonchev–Trinajstić information content (AvgIpc) is 2.91. The summed E-state index contributed by atoms with van der Waals surface area (Å²) in [6.45, 7) is 9.12. The Bertz CT molecular complexity index is 504. The maximum atomic E-state index is 4.14. The standard InChI is InChI=1S/C17H26N4/c1-13(2)11-16(12-14(3)4)20-15-5-7-17(8-6-15)21-18-9-10-19-21/h5-10,13-14,16,20H,11-12H2,1-4H3. The Hall–Kier alpha value is -1.84. The van der Waals surface area contributed by atoms with Crippen molar-refractivity contribution in [3.8, 4) is 5.69 Å². The molecular formula is C17H26N4. The van der Waals surface area contributed by atoms with E-state index in [1.165, 1.54) is 12.8 Å². The molecule has 2 rings (SSSR count). The van der Waals surface area contributed by atoms with Crippen LogP contribution in [-0.2, 0) is 0 Å². The van der Waals surface area contributed by atoms with Crippen LogP contribution in [-0.4, -0.2) is 21.0 Å². The number of nitrogens with one attached hydrogen (secondary N) is 1. The average molecular weight is 286 g/mol. The molecule has 0 fully saturated rings. The molecule has 2 aromatic rings. The third-order valence-corrected chi connectivity index (χ3v) is 3.40. The molecule has 0 aliphatic heterocycles. The third-order valence-electron chi connectivity index (χ3n) is 3.40. The lowest BCUT2D eigenvalue weighted by Crippen LogP contribution is -2.23. The predicted octanol–water partition coefficient (Wildman–Crippen LogP) is 4.14. The van der Waals surface area contributed by atoms with Crippen LogP contribution in [0.1, 0.15) is 40.5 Å². The molecule has 114 valence electrons. The van der Waals surface area contributed by atoms with Crippen molar-refractivity contribution in [2.45, 2.75) is 46.6 Å². The summed E-state index contributed by atoms with van der Waals surface area (Å²) in [5.74, 6) is 1.41. The van der Waals surface area contributed by atoms with Gasteiger partial charge in [0, 0.05) is 11.7 Å². The van der Waals surface area contributed by atoms with E-state index in [1.54, 1.807) is 17.2 Å². The Morgan fingerprint density at radius 1 is 0.905 bits per heavy atom. The molecule has 1 N–H and O–H groups in total. The largest absolute Gasteiger partial charge is 0.382 e. The van der Waals surface area contributed by atoms with E-state index < -0.39 is 0 Å². The van der Waals surface area contributed by atoms with Crippen LogP contribution in [0.5, 0.6) is 0 Å². The van der Waals surface area contributed by atoms with Crippen LogP contribution in [0.25, 0.3) is 5.69 Å². The normalized spacial score (nSPS) is 11.6. The lowest BCUT2D eigenvalue weighted by Gasteiger charge is -2.23. The van der Waals surface area contributed by atoms with Gasteiger partial charge in [0.25, 0.3) is 0 Å². The Labute approximate surface area is 127 Å². The van der Waals surface area contributed by atoms with E-state index in [1.807, 2.05) is 12.1 Å². The maximum absolute atomic E-state index is 4.14. The SMILES string of the molecule is CC(C)CC(CC(C)C)Nc1ccc(-n2nccn2)cc1. The lowest BCUT2D eigenvalue weighted by molar-refractivity contribution is 0.442. The summed E-state index contributed by atoms with van der Waals surface area (Å²) in [4.78, 5) is 1.63. The van der Waals surface area contributed by atoms with E-state index >= 15 is 0 Å². The summed E-state index contributed by atoms with van der Waals surface area (Å²) in [6.07, 6.45) is 5.77. The highest BCUT2D eigenvalue weighted by Crippen LogP contribution is 2.19. The van der Waals surface area contributed by atoms with Crippen molar-refractivity contribution in [2.24, 2.45) is 11.8 Å². The lowest BCUT2D eigenvalue weighted by atomic mass is 9.95. The zero-order chi connectivity index (χ0) is 15.2. The zero-order valence-electron chi connectivity index (χ0n) is 13.5. The monoisotopic (exact) mass is 286 g/mol. The molecule has 21 heavy (non-hydrogen) atoms. The number of aromatic nitrogens is 3. The van der Waals surface area contributed by atoms with Gasteiger partial charge in [-0.3, -0.25) is 0 Å². The molecular weight excluding hydrogens is 260 g/mol. The fourth-order valence-corrected chi connectivity index (χ4v) is 2.63. The molecule has 1 aromatic carbocycles. The van der Waals surface area contributed by atoms with Gasteiger partial charge in [0.15, 0.2) is 0 Å². The number of hydrogen-bond donors (Lipinski definition) is 1. The predicted molar refractivity (Wildman–Crippen MR) is 87.7 cm³/mol. The van der Waals surface area contributed by atoms with E-state index in [-0.39, 0.29) is 0 Å². The van der Waals surface area contributed by atoms with Gasteiger partial charge in [-0.2, -0.15) is 15.0 Å². The van der Waals surface area contributed by atoms with Gasteiger partial charge in [-0.05, 0) is 48.9 Å². The van der Waals surface area contributed by atoms with Crippen molar-refractivity contribution in [1.82, 2.24) is 15.0 Å². The first-order valence-corrected chi connectivity index (χ1v) is 7.78. The first kappa shape index (κ1) is 15.5. The first-order chi connectivity index (χ1) is 10.0. The number of benzene rings is 1. The molecule has 0 radical (unpaired) electrons. The molecule has 4 nitrogen and oxygen atoms in total.